The van der Waals surface area contributed by atoms with Crippen molar-refractivity contribution in [1.82, 2.24) is 0 Å². The molecule has 474 valence electrons. The van der Waals surface area contributed by atoms with E-state index < -0.39 is 81.2 Å². The molecule has 0 aromatic heterocycles. The zero-order chi connectivity index (χ0) is 63.2. The molecule has 0 N–H and O–H groups in total. The van der Waals surface area contributed by atoms with Crippen LogP contribution in [0, 0.1) is 17.3 Å². The third-order valence-corrected chi connectivity index (χ3v) is 37.9. The maximum absolute atomic E-state index is 16.4. The van der Waals surface area contributed by atoms with E-state index in [1.807, 2.05) is 69.3 Å². The lowest BCUT2D eigenvalue weighted by Crippen LogP contribution is -2.66. The van der Waals surface area contributed by atoms with E-state index in [0.29, 0.717) is 13.2 Å². The minimum atomic E-state index is -2.75. The number of unbranched alkanes of at least 4 members (excludes halogenated alkanes) is 1. The number of carbonyl (C=O) groups is 2. The fourth-order valence-corrected chi connectivity index (χ4v) is 21.6. The van der Waals surface area contributed by atoms with Crippen molar-refractivity contribution in [2.75, 3.05) is 13.2 Å². The summed E-state index contributed by atoms with van der Waals surface area (Å²) in [6.07, 6.45) is -1.90. The molecule has 4 aromatic rings. The van der Waals surface area contributed by atoms with E-state index in [1.54, 1.807) is 0 Å². The first-order chi connectivity index (χ1) is 39.7. The molecule has 5 rings (SSSR count). The molecule has 9 atom stereocenters. The molecule has 0 spiro atoms. The Kier molecular flexibility index (Phi) is 26.3. The van der Waals surface area contributed by atoms with Crippen LogP contribution < -0.4 is 10.4 Å². The lowest BCUT2D eigenvalue weighted by atomic mass is 9.82. The fraction of sp³-hybridized carbons (Fsp3) is 0.634. The molecule has 1 aliphatic rings. The van der Waals surface area contributed by atoms with Gasteiger partial charge in [0.05, 0.1) is 43.0 Å². The smallest absolute Gasteiger partial charge is 0.311 e. The predicted octanol–water partition coefficient (Wildman–Crippen LogP) is 16.7. The Morgan fingerprint density at radius 1 is 0.565 bits per heavy atom. The molecule has 4 aromatic carbocycles. The van der Waals surface area contributed by atoms with E-state index in [4.69, 9.17) is 36.7 Å². The van der Waals surface area contributed by atoms with Crippen LogP contribution >= 0.6 is 0 Å². The number of hydrogen-bond donors (Lipinski definition) is 0. The predicted molar refractivity (Wildman–Crippen MR) is 361 cm³/mol. The van der Waals surface area contributed by atoms with Gasteiger partial charge in [0, 0.05) is 24.9 Å². The second-order valence-electron chi connectivity index (χ2n) is 29.5. The van der Waals surface area contributed by atoms with Crippen molar-refractivity contribution in [3.8, 4) is 0 Å². The number of Topliss-reactive ketones (excluding diaryl/α,β-unsaturated/α-hetero) is 1. The first-order valence-corrected chi connectivity index (χ1v) is 42.4. The highest BCUT2D eigenvalue weighted by Crippen LogP contribution is 2.44. The van der Waals surface area contributed by atoms with Crippen LogP contribution in [0.25, 0.3) is 0 Å². The monoisotopic (exact) mass is 1240 g/mol. The zero-order valence-corrected chi connectivity index (χ0v) is 60.6. The van der Waals surface area contributed by atoms with Crippen molar-refractivity contribution in [3.05, 3.63) is 132 Å². The zero-order valence-electron chi connectivity index (χ0n) is 56.6. The van der Waals surface area contributed by atoms with Gasteiger partial charge in [-0.25, -0.2) is 0 Å². The van der Waals surface area contributed by atoms with Gasteiger partial charge in [-0.1, -0.05) is 218 Å². The van der Waals surface area contributed by atoms with Gasteiger partial charge in [-0.15, -0.1) is 0 Å². The summed E-state index contributed by atoms with van der Waals surface area (Å²) in [5, 5.41) is 2.02. The first kappa shape index (κ1) is 72.4. The number of rotatable bonds is 31. The Labute approximate surface area is 520 Å². The van der Waals surface area contributed by atoms with Crippen LogP contribution in [0.4, 0.5) is 0 Å². The van der Waals surface area contributed by atoms with Crippen molar-refractivity contribution in [3.63, 3.8) is 0 Å². The summed E-state index contributed by atoms with van der Waals surface area (Å²) in [5.41, 5.74) is 1.23. The fourth-order valence-electron chi connectivity index (χ4n) is 11.4. The molecule has 1 heterocycles. The summed E-state index contributed by atoms with van der Waals surface area (Å²) >= 11 is 0. The summed E-state index contributed by atoms with van der Waals surface area (Å²) in [7, 11) is -10.2. The standard InChI is InChI=1S/C71H114O10Si4/c1-22-84(23-2,24-3)80-60(47-37-38-48-77-85(71(15,16)17,57-43-33-27-34-44-57)58-45-35-28-36-46-58)53(4)61(79-82(18,19)69(9,10)11)49-59(72)65(81-83(20,21)70(12,13)14)64-54(5)63(74-50-55-39-29-25-30-40-55)66(75-51-56-41-31-26-32-42-56)62(78-64)52-76-67(73)68(6,7)8/h25-36,39-46,53-54,60-66H,22-24,37-38,47-52H2,1-21H3/t53-,54+,60+,61-,62+,63+,64+,65+,66+/m0/s1. The third-order valence-electron chi connectivity index (χ3n) is 19.2. The maximum Gasteiger partial charge on any atom is 0.311 e. The largest absolute Gasteiger partial charge is 0.462 e. The molecule has 1 aliphatic heterocycles. The Morgan fingerprint density at radius 2 is 1.01 bits per heavy atom. The van der Waals surface area contributed by atoms with Gasteiger partial charge < -0.3 is 36.7 Å². The SMILES string of the molecule is CC[Si](CC)(CC)O[C@H](CCCCO[Si](c1ccccc1)(c1ccccc1)C(C)(C)C)[C@H](C)[C@H](CC(=O)[C@@H](O[Si](C)(C)C(C)(C)C)[C@@H]1O[C@H](COC(=O)C(C)(C)C)[C@@H](OCc2ccccc2)[C@H](OCc2ccccc2)[C@H]1C)O[Si](C)(C)C(C)(C)C. The Bertz CT molecular complexity index is 2560. The first-order valence-electron chi connectivity index (χ1n) is 32.1. The molecular weight excluding hydrogens is 1130 g/mol. The molecule has 14 heteroatoms. The maximum atomic E-state index is 16.4. The van der Waals surface area contributed by atoms with E-state index in [-0.39, 0.29) is 58.5 Å². The molecule has 10 nitrogen and oxygen atoms in total. The Morgan fingerprint density at radius 3 is 1.45 bits per heavy atom. The third kappa shape index (κ3) is 19.1. The number of hydrogen-bond acceptors (Lipinski definition) is 10. The molecule has 0 unspecified atom stereocenters. The van der Waals surface area contributed by atoms with Crippen LogP contribution in [0.15, 0.2) is 121 Å². The van der Waals surface area contributed by atoms with Crippen LogP contribution in [-0.4, -0.2) is 101 Å². The van der Waals surface area contributed by atoms with Gasteiger partial charge in [0.25, 0.3) is 8.32 Å². The summed E-state index contributed by atoms with van der Waals surface area (Å²) in [6, 6.07) is 44.9. The number of esters is 1. The average Bonchev–Trinajstić information content (AvgIpc) is 1.12. The molecule has 0 bridgehead atoms. The molecule has 0 saturated carbocycles. The van der Waals surface area contributed by atoms with Gasteiger partial charge in [0.1, 0.15) is 24.9 Å². The molecule has 0 amide bonds. The molecule has 85 heavy (non-hydrogen) atoms. The second kappa shape index (κ2) is 30.9. The summed E-state index contributed by atoms with van der Waals surface area (Å²) in [5.74, 6) is -1.00. The molecule has 1 saturated heterocycles. The lowest BCUT2D eigenvalue weighted by Gasteiger charge is -2.49. The van der Waals surface area contributed by atoms with Crippen LogP contribution in [0.5, 0.6) is 0 Å². The Hall–Kier alpha value is -3.39. The second-order valence-corrected chi connectivity index (χ2v) is 48.1. The highest BCUT2D eigenvalue weighted by molar-refractivity contribution is 6.99. The van der Waals surface area contributed by atoms with Gasteiger partial charge >= 0.3 is 5.97 Å². The van der Waals surface area contributed by atoms with E-state index in [2.05, 4.69) is 196 Å². The topological polar surface area (TPSA) is 108 Å². The molecule has 1 fully saturated rings. The van der Waals surface area contributed by atoms with Crippen LogP contribution in [-0.2, 0) is 59.5 Å². The van der Waals surface area contributed by atoms with E-state index in [1.165, 1.54) is 10.4 Å². The van der Waals surface area contributed by atoms with Gasteiger partial charge in [-0.2, -0.15) is 0 Å². The van der Waals surface area contributed by atoms with Gasteiger partial charge in [-0.05, 0) is 121 Å². The van der Waals surface area contributed by atoms with Crippen molar-refractivity contribution >= 4 is 55.4 Å². The van der Waals surface area contributed by atoms with Crippen molar-refractivity contribution in [1.29, 1.82) is 0 Å². The van der Waals surface area contributed by atoms with Crippen molar-refractivity contribution < 1.29 is 46.2 Å². The van der Waals surface area contributed by atoms with Crippen molar-refractivity contribution in [2.24, 2.45) is 17.3 Å². The van der Waals surface area contributed by atoms with E-state index >= 15 is 4.79 Å². The highest BCUT2D eigenvalue weighted by atomic mass is 28.4. The lowest BCUT2D eigenvalue weighted by molar-refractivity contribution is -0.253. The quantitative estimate of drug-likeness (QED) is 0.0275. The van der Waals surface area contributed by atoms with Crippen LogP contribution in [0.1, 0.15) is 155 Å². The van der Waals surface area contributed by atoms with Crippen LogP contribution in [0.2, 0.25) is 59.4 Å². The van der Waals surface area contributed by atoms with Gasteiger partial charge in [-0.3, -0.25) is 9.59 Å². The Balaban J connectivity index is 1.60. The minimum absolute atomic E-state index is 0.0735. The van der Waals surface area contributed by atoms with Crippen molar-refractivity contribution in [2.45, 2.75) is 259 Å². The number of carbonyl (C=O) groups excluding carboxylic acids is 2. The number of benzene rings is 4. The average molecular weight is 1240 g/mol. The van der Waals surface area contributed by atoms with Crippen LogP contribution in [0.3, 0.4) is 0 Å². The molecular formula is C71H114O10Si4. The summed E-state index contributed by atoms with van der Waals surface area (Å²) in [4.78, 5) is 30.0. The summed E-state index contributed by atoms with van der Waals surface area (Å²) in [6.45, 7) is 47.3. The minimum Gasteiger partial charge on any atom is -0.462 e. The number of ether oxygens (including phenoxy) is 4. The number of ketones is 1. The molecule has 0 aliphatic carbocycles. The normalized spacial score (nSPS) is 20.1. The summed E-state index contributed by atoms with van der Waals surface area (Å²) < 4.78 is 57.9. The van der Waals surface area contributed by atoms with E-state index in [0.717, 1.165) is 48.5 Å². The van der Waals surface area contributed by atoms with Gasteiger partial charge in [0.15, 0.2) is 30.7 Å². The van der Waals surface area contributed by atoms with Gasteiger partial charge in [0.2, 0.25) is 0 Å². The van der Waals surface area contributed by atoms with E-state index in [9.17, 15) is 4.79 Å². The molecule has 0 radical (unpaired) electrons. The highest BCUT2D eigenvalue weighted by Gasteiger charge is 2.54.